The van der Waals surface area contributed by atoms with Crippen molar-refractivity contribution < 1.29 is 14.3 Å². The molecule has 1 aromatic heterocycles. The van der Waals surface area contributed by atoms with Crippen LogP contribution in [-0.2, 0) is 9.59 Å². The molecule has 6 nitrogen and oxygen atoms in total. The van der Waals surface area contributed by atoms with Gasteiger partial charge in [-0.3, -0.25) is 9.59 Å². The molecule has 2 rings (SSSR count). The second kappa shape index (κ2) is 8.31. The van der Waals surface area contributed by atoms with E-state index in [1.54, 1.807) is 31.4 Å². The van der Waals surface area contributed by atoms with Gasteiger partial charge in [0.2, 0.25) is 11.8 Å². The number of nitrogens with zero attached hydrogens (tertiary/aromatic N) is 1. The number of aromatic nitrogens is 1. The minimum Gasteiger partial charge on any atom is -0.497 e. The van der Waals surface area contributed by atoms with Crippen LogP contribution in [0.25, 0.3) is 0 Å². The molecule has 24 heavy (non-hydrogen) atoms. The lowest BCUT2D eigenvalue weighted by Crippen LogP contribution is -2.29. The molecular weight excluding hydrogens is 330 g/mol. The van der Waals surface area contributed by atoms with Crippen LogP contribution in [0.2, 0.25) is 5.02 Å². The van der Waals surface area contributed by atoms with Crippen LogP contribution in [0, 0.1) is 0 Å². The number of benzene rings is 1. The normalized spacial score (nSPS) is 11.5. The lowest BCUT2D eigenvalue weighted by atomic mass is 10.0. The van der Waals surface area contributed by atoms with Crippen LogP contribution in [0.15, 0.2) is 42.6 Å². The summed E-state index contributed by atoms with van der Waals surface area (Å²) in [4.78, 5) is 27.7. The SMILES string of the molecule is COc1ccc([C@H](CC(=O)Nc2ccc(Cl)cn2)NC(C)=O)cc1. The molecule has 0 spiro atoms. The highest BCUT2D eigenvalue weighted by Gasteiger charge is 2.17. The van der Waals surface area contributed by atoms with Crippen LogP contribution in [0.3, 0.4) is 0 Å². The topological polar surface area (TPSA) is 80.3 Å². The summed E-state index contributed by atoms with van der Waals surface area (Å²) in [5.74, 6) is 0.628. The summed E-state index contributed by atoms with van der Waals surface area (Å²) in [6, 6.07) is 9.99. The average molecular weight is 348 g/mol. The minimum atomic E-state index is -0.444. The van der Waals surface area contributed by atoms with Gasteiger partial charge in [-0.1, -0.05) is 23.7 Å². The summed E-state index contributed by atoms with van der Waals surface area (Å²) < 4.78 is 5.11. The van der Waals surface area contributed by atoms with E-state index in [1.807, 2.05) is 12.1 Å². The Morgan fingerprint density at radius 2 is 1.92 bits per heavy atom. The Kier molecular flexibility index (Phi) is 6.14. The van der Waals surface area contributed by atoms with Gasteiger partial charge in [0, 0.05) is 13.1 Å². The molecule has 0 aliphatic rings. The van der Waals surface area contributed by atoms with Crippen molar-refractivity contribution in [3.63, 3.8) is 0 Å². The maximum Gasteiger partial charge on any atom is 0.227 e. The molecule has 0 saturated carbocycles. The van der Waals surface area contributed by atoms with E-state index in [1.165, 1.54) is 13.1 Å². The van der Waals surface area contributed by atoms with E-state index in [-0.39, 0.29) is 18.2 Å². The fraction of sp³-hybridized carbons (Fsp3) is 0.235. The molecule has 2 aromatic rings. The van der Waals surface area contributed by atoms with E-state index in [0.717, 1.165) is 5.56 Å². The Hall–Kier alpha value is -2.60. The number of rotatable bonds is 6. The number of ether oxygens (including phenoxy) is 1. The zero-order valence-corrected chi connectivity index (χ0v) is 14.1. The molecule has 0 aliphatic heterocycles. The number of carbonyl (C=O) groups is 2. The Morgan fingerprint density at radius 1 is 1.21 bits per heavy atom. The van der Waals surface area contributed by atoms with Crippen molar-refractivity contribution in [1.29, 1.82) is 0 Å². The maximum atomic E-state index is 12.2. The summed E-state index contributed by atoms with van der Waals surface area (Å²) in [5.41, 5.74) is 0.810. The van der Waals surface area contributed by atoms with Gasteiger partial charge in [0.05, 0.1) is 24.6 Å². The Balaban J connectivity index is 2.08. The molecular formula is C17H18ClN3O3. The van der Waals surface area contributed by atoms with Crippen LogP contribution in [0.5, 0.6) is 5.75 Å². The van der Waals surface area contributed by atoms with Crippen LogP contribution < -0.4 is 15.4 Å². The number of halogens is 1. The van der Waals surface area contributed by atoms with E-state index in [2.05, 4.69) is 15.6 Å². The molecule has 0 unspecified atom stereocenters. The Bertz CT molecular complexity index is 702. The number of anilines is 1. The van der Waals surface area contributed by atoms with E-state index in [0.29, 0.717) is 16.6 Å². The molecule has 0 aliphatic carbocycles. The third-order valence-corrected chi connectivity index (χ3v) is 3.50. The van der Waals surface area contributed by atoms with Crippen molar-refractivity contribution in [2.24, 2.45) is 0 Å². The molecule has 0 fully saturated rings. The minimum absolute atomic E-state index is 0.0796. The molecule has 2 N–H and O–H groups in total. The number of hydrogen-bond donors (Lipinski definition) is 2. The molecule has 2 amide bonds. The average Bonchev–Trinajstić information content (AvgIpc) is 2.56. The zero-order valence-electron chi connectivity index (χ0n) is 13.4. The molecule has 7 heteroatoms. The number of carbonyl (C=O) groups excluding carboxylic acids is 2. The standard InChI is InChI=1S/C17H18ClN3O3/c1-11(22)20-15(12-3-6-14(24-2)7-4-12)9-17(23)21-16-8-5-13(18)10-19-16/h3-8,10,15H,9H2,1-2H3,(H,20,22)(H,19,21,23)/t15-/m0/s1. The molecule has 1 heterocycles. The first-order chi connectivity index (χ1) is 11.5. The van der Waals surface area contributed by atoms with Crippen LogP contribution in [0.4, 0.5) is 5.82 Å². The van der Waals surface area contributed by atoms with Gasteiger partial charge in [0.25, 0.3) is 0 Å². The van der Waals surface area contributed by atoms with E-state index < -0.39 is 6.04 Å². The van der Waals surface area contributed by atoms with Gasteiger partial charge in [0.1, 0.15) is 11.6 Å². The fourth-order valence-electron chi connectivity index (χ4n) is 2.16. The maximum absolute atomic E-state index is 12.2. The molecule has 1 atom stereocenters. The molecule has 0 bridgehead atoms. The predicted octanol–water partition coefficient (Wildman–Crippen LogP) is 2.95. The lowest BCUT2D eigenvalue weighted by Gasteiger charge is -2.18. The van der Waals surface area contributed by atoms with Crippen molar-refractivity contribution in [1.82, 2.24) is 10.3 Å². The van der Waals surface area contributed by atoms with Crippen molar-refractivity contribution in [3.05, 3.63) is 53.2 Å². The van der Waals surface area contributed by atoms with Crippen LogP contribution in [-0.4, -0.2) is 23.9 Å². The molecule has 0 saturated heterocycles. The van der Waals surface area contributed by atoms with Crippen molar-refractivity contribution in [2.75, 3.05) is 12.4 Å². The highest BCUT2D eigenvalue weighted by Crippen LogP contribution is 2.21. The number of hydrogen-bond acceptors (Lipinski definition) is 4. The van der Waals surface area contributed by atoms with Gasteiger partial charge >= 0.3 is 0 Å². The third-order valence-electron chi connectivity index (χ3n) is 3.28. The summed E-state index contributed by atoms with van der Waals surface area (Å²) in [5, 5.41) is 5.95. The number of nitrogens with one attached hydrogen (secondary N) is 2. The third kappa shape index (κ3) is 5.24. The molecule has 126 valence electrons. The highest BCUT2D eigenvalue weighted by atomic mass is 35.5. The summed E-state index contributed by atoms with van der Waals surface area (Å²) in [6.07, 6.45) is 1.53. The fourth-order valence-corrected chi connectivity index (χ4v) is 2.27. The van der Waals surface area contributed by atoms with E-state index >= 15 is 0 Å². The first-order valence-corrected chi connectivity index (χ1v) is 7.68. The zero-order chi connectivity index (χ0) is 17.5. The van der Waals surface area contributed by atoms with Gasteiger partial charge in [-0.25, -0.2) is 4.98 Å². The quantitative estimate of drug-likeness (QED) is 0.841. The van der Waals surface area contributed by atoms with Gasteiger partial charge in [-0.2, -0.15) is 0 Å². The van der Waals surface area contributed by atoms with Crippen molar-refractivity contribution >= 4 is 29.2 Å². The van der Waals surface area contributed by atoms with Crippen molar-refractivity contribution in [2.45, 2.75) is 19.4 Å². The van der Waals surface area contributed by atoms with Gasteiger partial charge in [0.15, 0.2) is 0 Å². The van der Waals surface area contributed by atoms with E-state index in [4.69, 9.17) is 16.3 Å². The highest BCUT2D eigenvalue weighted by molar-refractivity contribution is 6.30. The summed E-state index contributed by atoms with van der Waals surface area (Å²) in [6.45, 7) is 1.41. The molecule has 1 aromatic carbocycles. The summed E-state index contributed by atoms with van der Waals surface area (Å²) >= 11 is 5.76. The second-order valence-corrected chi connectivity index (χ2v) is 5.58. The monoisotopic (exact) mass is 347 g/mol. The molecule has 0 radical (unpaired) electrons. The van der Waals surface area contributed by atoms with Crippen LogP contribution in [0.1, 0.15) is 24.9 Å². The van der Waals surface area contributed by atoms with Gasteiger partial charge < -0.3 is 15.4 Å². The Morgan fingerprint density at radius 3 is 2.46 bits per heavy atom. The predicted molar refractivity (Wildman–Crippen MR) is 92.0 cm³/mol. The number of pyridine rings is 1. The Labute approximate surface area is 145 Å². The largest absolute Gasteiger partial charge is 0.497 e. The van der Waals surface area contributed by atoms with E-state index in [9.17, 15) is 9.59 Å². The van der Waals surface area contributed by atoms with Crippen LogP contribution >= 0.6 is 11.6 Å². The summed E-state index contributed by atoms with van der Waals surface area (Å²) in [7, 11) is 1.58. The first kappa shape index (κ1) is 17.7. The smallest absolute Gasteiger partial charge is 0.227 e. The second-order valence-electron chi connectivity index (χ2n) is 5.14. The van der Waals surface area contributed by atoms with Gasteiger partial charge in [-0.15, -0.1) is 0 Å². The first-order valence-electron chi connectivity index (χ1n) is 7.30. The lowest BCUT2D eigenvalue weighted by molar-refractivity contribution is -0.120. The number of amides is 2. The number of methoxy groups -OCH3 is 1. The van der Waals surface area contributed by atoms with Crippen molar-refractivity contribution in [3.8, 4) is 5.75 Å². The van der Waals surface area contributed by atoms with Gasteiger partial charge in [-0.05, 0) is 29.8 Å².